The summed E-state index contributed by atoms with van der Waals surface area (Å²) in [5.41, 5.74) is 0. The number of amides is 1. The van der Waals surface area contributed by atoms with Crippen LogP contribution in [-0.4, -0.2) is 36.8 Å². The van der Waals surface area contributed by atoms with Gasteiger partial charge in [-0.3, -0.25) is 9.59 Å². The highest BCUT2D eigenvalue weighted by molar-refractivity contribution is 5.93. The second kappa shape index (κ2) is 4.61. The van der Waals surface area contributed by atoms with Crippen LogP contribution in [0.25, 0.3) is 0 Å². The Morgan fingerprint density at radius 3 is 2.88 bits per heavy atom. The number of carbonyl (C=O) groups is 2. The summed E-state index contributed by atoms with van der Waals surface area (Å²) in [6.07, 6.45) is 0.421. The predicted octanol–water partition coefficient (Wildman–Crippen LogP) is 1.34. The number of carbonyl (C=O) groups excluding carboxylic acids is 2. The van der Waals surface area contributed by atoms with Gasteiger partial charge < -0.3 is 14.1 Å². The zero-order valence-corrected chi connectivity index (χ0v) is 9.93. The van der Waals surface area contributed by atoms with Crippen LogP contribution in [0.3, 0.4) is 0 Å². The van der Waals surface area contributed by atoms with E-state index in [1.165, 1.54) is 7.11 Å². The summed E-state index contributed by atoms with van der Waals surface area (Å²) in [7, 11) is 1.48. The first-order valence-corrected chi connectivity index (χ1v) is 5.57. The molecule has 0 radical (unpaired) electrons. The average Bonchev–Trinajstić information content (AvgIpc) is 2.80. The molecule has 2 rings (SSSR count). The molecule has 5 heteroatoms. The van der Waals surface area contributed by atoms with Gasteiger partial charge >= 0.3 is 0 Å². The molecular formula is C12H15NO4. The SMILES string of the molecule is COc1ccc(C(=O)N2CCC(=O)C(C)C2)o1. The molecule has 1 aliphatic rings. The molecule has 0 saturated carbocycles. The second-order valence-electron chi connectivity index (χ2n) is 4.19. The molecule has 1 aliphatic heterocycles. The van der Waals surface area contributed by atoms with Crippen LogP contribution in [-0.2, 0) is 4.79 Å². The number of ketones is 1. The molecular weight excluding hydrogens is 222 g/mol. The number of methoxy groups -OCH3 is 1. The van der Waals surface area contributed by atoms with E-state index in [0.717, 1.165) is 0 Å². The van der Waals surface area contributed by atoms with E-state index in [9.17, 15) is 9.59 Å². The molecule has 92 valence electrons. The summed E-state index contributed by atoms with van der Waals surface area (Å²) in [6, 6.07) is 3.19. The lowest BCUT2D eigenvalue weighted by molar-refractivity contribution is -0.124. The molecule has 1 saturated heterocycles. The van der Waals surface area contributed by atoms with Gasteiger partial charge in [0.25, 0.3) is 11.9 Å². The second-order valence-corrected chi connectivity index (χ2v) is 4.19. The van der Waals surface area contributed by atoms with Gasteiger partial charge in [-0.05, 0) is 6.07 Å². The summed E-state index contributed by atoms with van der Waals surface area (Å²) in [5, 5.41) is 0. The summed E-state index contributed by atoms with van der Waals surface area (Å²) < 4.78 is 10.1. The zero-order valence-electron chi connectivity index (χ0n) is 9.93. The van der Waals surface area contributed by atoms with E-state index < -0.39 is 0 Å². The van der Waals surface area contributed by atoms with E-state index in [2.05, 4.69) is 0 Å². The smallest absolute Gasteiger partial charge is 0.289 e. The first kappa shape index (κ1) is 11.7. The van der Waals surface area contributed by atoms with E-state index in [0.29, 0.717) is 25.5 Å². The predicted molar refractivity (Wildman–Crippen MR) is 60.0 cm³/mol. The molecule has 0 N–H and O–H groups in total. The molecule has 2 heterocycles. The monoisotopic (exact) mass is 237 g/mol. The number of hydrogen-bond donors (Lipinski definition) is 0. The lowest BCUT2D eigenvalue weighted by atomic mass is 9.98. The third kappa shape index (κ3) is 2.33. The normalized spacial score (nSPS) is 20.5. The number of furan rings is 1. The molecule has 0 aromatic carbocycles. The van der Waals surface area contributed by atoms with Crippen LogP contribution in [0.4, 0.5) is 0 Å². The van der Waals surface area contributed by atoms with Gasteiger partial charge in [0.2, 0.25) is 0 Å². The summed E-state index contributed by atoms with van der Waals surface area (Å²) in [5.74, 6) is 0.501. The molecule has 0 aliphatic carbocycles. The highest BCUT2D eigenvalue weighted by atomic mass is 16.6. The van der Waals surface area contributed by atoms with Gasteiger partial charge in [0.1, 0.15) is 5.78 Å². The standard InChI is InChI=1S/C12H15NO4/c1-8-7-13(6-5-9(8)14)12(15)10-3-4-11(16-2)17-10/h3-4,8H,5-7H2,1-2H3. The number of likely N-dealkylation sites (tertiary alicyclic amines) is 1. The molecule has 1 atom stereocenters. The fraction of sp³-hybridized carbons (Fsp3) is 0.500. The highest BCUT2D eigenvalue weighted by Gasteiger charge is 2.28. The molecule has 1 unspecified atom stereocenters. The van der Waals surface area contributed by atoms with E-state index in [-0.39, 0.29) is 23.4 Å². The van der Waals surface area contributed by atoms with Crippen molar-refractivity contribution in [3.05, 3.63) is 17.9 Å². The Balaban J connectivity index is 2.07. The summed E-state index contributed by atoms with van der Waals surface area (Å²) in [4.78, 5) is 25.1. The molecule has 1 fully saturated rings. The van der Waals surface area contributed by atoms with Gasteiger partial charge in [-0.2, -0.15) is 0 Å². The number of nitrogens with zero attached hydrogens (tertiary/aromatic N) is 1. The van der Waals surface area contributed by atoms with E-state index in [1.54, 1.807) is 17.0 Å². The third-order valence-corrected chi connectivity index (χ3v) is 2.95. The van der Waals surface area contributed by atoms with Gasteiger partial charge in [-0.25, -0.2) is 0 Å². The molecule has 1 aromatic heterocycles. The Morgan fingerprint density at radius 2 is 2.29 bits per heavy atom. The van der Waals surface area contributed by atoms with E-state index in [1.807, 2.05) is 6.92 Å². The maximum absolute atomic E-state index is 12.0. The van der Waals surface area contributed by atoms with E-state index in [4.69, 9.17) is 9.15 Å². The quantitative estimate of drug-likeness (QED) is 0.778. The summed E-state index contributed by atoms with van der Waals surface area (Å²) in [6.45, 7) is 2.76. The van der Waals surface area contributed by atoms with Crippen molar-refractivity contribution in [3.8, 4) is 5.95 Å². The zero-order chi connectivity index (χ0) is 12.4. The molecule has 5 nitrogen and oxygen atoms in total. The van der Waals surface area contributed by atoms with Gasteiger partial charge in [0.15, 0.2) is 5.76 Å². The number of ether oxygens (including phenoxy) is 1. The van der Waals surface area contributed by atoms with Crippen molar-refractivity contribution in [1.29, 1.82) is 0 Å². The Kier molecular flexibility index (Phi) is 3.17. The number of hydrogen-bond acceptors (Lipinski definition) is 4. The Bertz CT molecular complexity index is 437. The van der Waals surface area contributed by atoms with E-state index >= 15 is 0 Å². The molecule has 0 bridgehead atoms. The van der Waals surface area contributed by atoms with Crippen LogP contribution >= 0.6 is 0 Å². The Hall–Kier alpha value is -1.78. The average molecular weight is 237 g/mol. The van der Waals surface area contributed by atoms with Crippen LogP contribution in [0, 0.1) is 5.92 Å². The van der Waals surface area contributed by atoms with Crippen LogP contribution in [0.15, 0.2) is 16.5 Å². The van der Waals surface area contributed by atoms with Crippen LogP contribution in [0.5, 0.6) is 5.95 Å². The maximum Gasteiger partial charge on any atom is 0.289 e. The fourth-order valence-corrected chi connectivity index (χ4v) is 1.90. The topological polar surface area (TPSA) is 59.8 Å². The molecule has 0 spiro atoms. The van der Waals surface area contributed by atoms with Crippen LogP contribution < -0.4 is 4.74 Å². The minimum atomic E-state index is -0.187. The van der Waals surface area contributed by atoms with Crippen molar-refractivity contribution in [2.75, 3.05) is 20.2 Å². The molecule has 1 amide bonds. The van der Waals surface area contributed by atoms with Gasteiger partial charge in [0.05, 0.1) is 7.11 Å². The van der Waals surface area contributed by atoms with Crippen LogP contribution in [0.1, 0.15) is 23.9 Å². The Labute approximate surface area is 99.3 Å². The number of rotatable bonds is 2. The van der Waals surface area contributed by atoms with Gasteiger partial charge in [-0.15, -0.1) is 0 Å². The van der Waals surface area contributed by atoms with Crippen molar-refractivity contribution >= 4 is 11.7 Å². The maximum atomic E-state index is 12.0. The lowest BCUT2D eigenvalue weighted by Crippen LogP contribution is -2.43. The lowest BCUT2D eigenvalue weighted by Gasteiger charge is -2.29. The Morgan fingerprint density at radius 1 is 1.53 bits per heavy atom. The third-order valence-electron chi connectivity index (χ3n) is 2.95. The fourth-order valence-electron chi connectivity index (χ4n) is 1.90. The van der Waals surface area contributed by atoms with Gasteiger partial charge in [0, 0.05) is 31.5 Å². The van der Waals surface area contributed by atoms with Crippen molar-refractivity contribution < 1.29 is 18.7 Å². The summed E-state index contributed by atoms with van der Waals surface area (Å²) >= 11 is 0. The largest absolute Gasteiger partial charge is 0.468 e. The minimum absolute atomic E-state index is 0.0930. The van der Waals surface area contributed by atoms with Crippen LogP contribution in [0.2, 0.25) is 0 Å². The number of Topliss-reactive ketones (excluding diaryl/α,β-unsaturated/α-hetero) is 1. The highest BCUT2D eigenvalue weighted by Crippen LogP contribution is 2.20. The van der Waals surface area contributed by atoms with Crippen molar-refractivity contribution in [2.45, 2.75) is 13.3 Å². The first-order valence-electron chi connectivity index (χ1n) is 5.57. The number of piperidine rings is 1. The molecule has 1 aromatic rings. The van der Waals surface area contributed by atoms with Crippen molar-refractivity contribution in [1.82, 2.24) is 4.90 Å². The molecule has 17 heavy (non-hydrogen) atoms. The van der Waals surface area contributed by atoms with Gasteiger partial charge in [-0.1, -0.05) is 6.92 Å². The van der Waals surface area contributed by atoms with Crippen molar-refractivity contribution in [3.63, 3.8) is 0 Å². The first-order chi connectivity index (χ1) is 8.11. The minimum Gasteiger partial charge on any atom is -0.468 e. The van der Waals surface area contributed by atoms with Crippen molar-refractivity contribution in [2.24, 2.45) is 5.92 Å².